The molecule has 2 heteroatoms. The minimum Gasteiger partial charge on any atom is -0.284 e. The maximum absolute atomic E-state index is 5.76. The summed E-state index contributed by atoms with van der Waals surface area (Å²) in [7, 11) is 0. The summed E-state index contributed by atoms with van der Waals surface area (Å²) in [5.41, 5.74) is 3.87. The van der Waals surface area contributed by atoms with E-state index in [9.17, 15) is 0 Å². The number of nitrogens with zero attached hydrogens (tertiary/aromatic N) is 1. The van der Waals surface area contributed by atoms with Crippen LogP contribution >= 0.6 is 11.6 Å². The fraction of sp³-hybridized carbons (Fsp3) is 0.222. The lowest BCUT2D eigenvalue weighted by molar-refractivity contribution is 0.201. The van der Waals surface area contributed by atoms with E-state index in [2.05, 4.69) is 48.4 Å². The average molecular weight is 286 g/mol. The Labute approximate surface area is 126 Å². The van der Waals surface area contributed by atoms with Gasteiger partial charge in [0.15, 0.2) is 0 Å². The molecule has 0 aliphatic carbocycles. The van der Waals surface area contributed by atoms with Crippen LogP contribution < -0.4 is 0 Å². The predicted molar refractivity (Wildman–Crippen MR) is 88.0 cm³/mol. The van der Waals surface area contributed by atoms with Gasteiger partial charge in [-0.15, -0.1) is 11.6 Å². The molecule has 0 radical (unpaired) electrons. The maximum atomic E-state index is 5.76. The van der Waals surface area contributed by atoms with Crippen molar-refractivity contribution in [2.75, 3.05) is 19.0 Å². The van der Waals surface area contributed by atoms with E-state index in [4.69, 9.17) is 11.6 Å². The summed E-state index contributed by atoms with van der Waals surface area (Å²) in [4.78, 5) is 2.42. The number of likely N-dealkylation sites (tertiary alicyclic amines) is 1. The minimum absolute atomic E-state index is 0.235. The first kappa shape index (κ1) is 14.8. The van der Waals surface area contributed by atoms with Crippen molar-refractivity contribution in [3.05, 3.63) is 84.5 Å². The second kappa shape index (κ2) is 7.28. The second-order valence-electron chi connectivity index (χ2n) is 4.84. The summed E-state index contributed by atoms with van der Waals surface area (Å²) in [5.74, 6) is 0.593. The SMILES string of the molecule is C=C/C=C(\C=C)C(c1ccccc1)N1CC(=CCCl)C1. The molecule has 0 aromatic heterocycles. The molecule has 1 heterocycles. The lowest BCUT2D eigenvalue weighted by atomic mass is 9.92. The van der Waals surface area contributed by atoms with Crippen LogP contribution in [-0.4, -0.2) is 23.9 Å². The maximum Gasteiger partial charge on any atom is 0.0607 e. The Kier molecular flexibility index (Phi) is 5.40. The van der Waals surface area contributed by atoms with Crippen LogP contribution in [0.15, 0.2) is 78.9 Å². The van der Waals surface area contributed by atoms with Gasteiger partial charge in [0.05, 0.1) is 6.04 Å². The molecule has 0 spiro atoms. The zero-order chi connectivity index (χ0) is 14.4. The van der Waals surface area contributed by atoms with Crippen molar-refractivity contribution in [3.63, 3.8) is 0 Å². The molecule has 1 aromatic rings. The van der Waals surface area contributed by atoms with Gasteiger partial charge in [0.25, 0.3) is 0 Å². The van der Waals surface area contributed by atoms with Gasteiger partial charge in [-0.3, -0.25) is 4.90 Å². The Balaban J connectivity index is 2.27. The molecule has 104 valence electrons. The van der Waals surface area contributed by atoms with Gasteiger partial charge in [-0.25, -0.2) is 0 Å². The third kappa shape index (κ3) is 3.30. The summed E-state index contributed by atoms with van der Waals surface area (Å²) in [6.07, 6.45) is 7.88. The van der Waals surface area contributed by atoms with Crippen LogP contribution in [0.25, 0.3) is 0 Å². The van der Waals surface area contributed by atoms with E-state index >= 15 is 0 Å². The first-order chi connectivity index (χ1) is 9.80. The summed E-state index contributed by atoms with van der Waals surface area (Å²) in [5, 5.41) is 0. The standard InChI is InChI=1S/C18H20ClN/c1-3-8-16(4-2)18(17-9-6-5-7-10-17)20-13-15(14-20)11-12-19/h3-11,18H,1-2,12-14H2/b16-8+. The molecule has 1 aliphatic heterocycles. The van der Waals surface area contributed by atoms with E-state index in [1.54, 1.807) is 0 Å². The van der Waals surface area contributed by atoms with Gasteiger partial charge in [0, 0.05) is 19.0 Å². The van der Waals surface area contributed by atoms with Crippen LogP contribution in [0.3, 0.4) is 0 Å². The summed E-state index contributed by atoms with van der Waals surface area (Å²) in [6.45, 7) is 9.68. The average Bonchev–Trinajstić information content (AvgIpc) is 2.45. The molecule has 0 bridgehead atoms. The van der Waals surface area contributed by atoms with E-state index in [-0.39, 0.29) is 6.04 Å². The molecular weight excluding hydrogens is 266 g/mol. The highest BCUT2D eigenvalue weighted by molar-refractivity contribution is 6.18. The highest BCUT2D eigenvalue weighted by Gasteiger charge is 2.29. The molecule has 1 nitrogen and oxygen atoms in total. The molecule has 1 aromatic carbocycles. The first-order valence-electron chi connectivity index (χ1n) is 6.78. The van der Waals surface area contributed by atoms with E-state index < -0.39 is 0 Å². The minimum atomic E-state index is 0.235. The van der Waals surface area contributed by atoms with Crippen molar-refractivity contribution in [1.82, 2.24) is 4.90 Å². The lowest BCUT2D eigenvalue weighted by Crippen LogP contribution is -2.43. The molecule has 0 N–H and O–H groups in total. The molecule has 1 unspecified atom stereocenters. The van der Waals surface area contributed by atoms with E-state index in [1.165, 1.54) is 16.7 Å². The van der Waals surface area contributed by atoms with Crippen LogP contribution in [0, 0.1) is 0 Å². The van der Waals surface area contributed by atoms with Crippen molar-refractivity contribution in [2.24, 2.45) is 0 Å². The Hall–Kier alpha value is -1.57. The second-order valence-corrected chi connectivity index (χ2v) is 5.15. The Morgan fingerprint density at radius 2 is 1.95 bits per heavy atom. The van der Waals surface area contributed by atoms with Crippen LogP contribution in [-0.2, 0) is 0 Å². The van der Waals surface area contributed by atoms with Gasteiger partial charge in [-0.1, -0.05) is 67.8 Å². The Morgan fingerprint density at radius 3 is 2.50 bits per heavy atom. The fourth-order valence-corrected chi connectivity index (χ4v) is 2.77. The van der Waals surface area contributed by atoms with Gasteiger partial charge >= 0.3 is 0 Å². The molecule has 0 amide bonds. The van der Waals surface area contributed by atoms with E-state index in [0.29, 0.717) is 5.88 Å². The zero-order valence-corrected chi connectivity index (χ0v) is 12.4. The van der Waals surface area contributed by atoms with Crippen molar-refractivity contribution in [1.29, 1.82) is 0 Å². The number of benzene rings is 1. The molecule has 20 heavy (non-hydrogen) atoms. The number of rotatable bonds is 6. The topological polar surface area (TPSA) is 3.24 Å². The predicted octanol–water partition coefficient (Wildman–Crippen LogP) is 4.51. The highest BCUT2D eigenvalue weighted by Crippen LogP contribution is 2.34. The smallest absolute Gasteiger partial charge is 0.0607 e. The third-order valence-corrected chi connectivity index (χ3v) is 3.67. The largest absolute Gasteiger partial charge is 0.284 e. The lowest BCUT2D eigenvalue weighted by Gasteiger charge is -2.41. The number of hydrogen-bond donors (Lipinski definition) is 0. The Morgan fingerprint density at radius 1 is 1.25 bits per heavy atom. The van der Waals surface area contributed by atoms with Gasteiger partial charge in [0.1, 0.15) is 0 Å². The summed E-state index contributed by atoms with van der Waals surface area (Å²) < 4.78 is 0. The number of allylic oxidation sites excluding steroid dienone is 3. The van der Waals surface area contributed by atoms with E-state index in [0.717, 1.165) is 13.1 Å². The highest BCUT2D eigenvalue weighted by atomic mass is 35.5. The molecule has 1 fully saturated rings. The van der Waals surface area contributed by atoms with Gasteiger partial charge in [-0.2, -0.15) is 0 Å². The molecule has 1 atom stereocenters. The molecule has 1 saturated heterocycles. The third-order valence-electron chi connectivity index (χ3n) is 3.52. The summed E-state index contributed by atoms with van der Waals surface area (Å²) in [6, 6.07) is 10.8. The van der Waals surface area contributed by atoms with Crippen molar-refractivity contribution in [3.8, 4) is 0 Å². The number of hydrogen-bond acceptors (Lipinski definition) is 1. The molecule has 2 rings (SSSR count). The molecular formula is C18H20ClN. The van der Waals surface area contributed by atoms with Crippen LogP contribution in [0.2, 0.25) is 0 Å². The van der Waals surface area contributed by atoms with Gasteiger partial charge in [-0.05, 0) is 16.7 Å². The van der Waals surface area contributed by atoms with Crippen molar-refractivity contribution < 1.29 is 0 Å². The molecule has 0 saturated carbocycles. The van der Waals surface area contributed by atoms with E-state index in [1.807, 2.05) is 24.3 Å². The van der Waals surface area contributed by atoms with Gasteiger partial charge < -0.3 is 0 Å². The van der Waals surface area contributed by atoms with Crippen LogP contribution in [0.1, 0.15) is 11.6 Å². The quantitative estimate of drug-likeness (QED) is 0.422. The van der Waals surface area contributed by atoms with Crippen molar-refractivity contribution >= 4 is 11.6 Å². The molecule has 1 aliphatic rings. The van der Waals surface area contributed by atoms with Crippen LogP contribution in [0.4, 0.5) is 0 Å². The van der Waals surface area contributed by atoms with Crippen LogP contribution in [0.5, 0.6) is 0 Å². The number of alkyl halides is 1. The summed E-state index contributed by atoms with van der Waals surface area (Å²) >= 11 is 5.76. The van der Waals surface area contributed by atoms with Gasteiger partial charge in [0.2, 0.25) is 0 Å². The first-order valence-corrected chi connectivity index (χ1v) is 7.31. The normalized spacial score (nSPS) is 17.2. The monoisotopic (exact) mass is 285 g/mol. The number of halogens is 1. The Bertz CT molecular complexity index is 520. The zero-order valence-electron chi connectivity index (χ0n) is 11.6. The van der Waals surface area contributed by atoms with Crippen molar-refractivity contribution in [2.45, 2.75) is 6.04 Å². The fourth-order valence-electron chi connectivity index (χ4n) is 2.55.